The number of nitrogens with zero attached hydrogens (tertiary/aromatic N) is 3. The zero-order valence-corrected chi connectivity index (χ0v) is 7.48. The molecule has 2 heterocycles. The van der Waals surface area contributed by atoms with Crippen molar-refractivity contribution >= 4 is 11.3 Å². The summed E-state index contributed by atoms with van der Waals surface area (Å²) < 4.78 is 0. The van der Waals surface area contributed by atoms with Crippen LogP contribution in [-0.4, -0.2) is 20.1 Å². The number of aromatic nitrogens is 3. The van der Waals surface area contributed by atoms with E-state index >= 15 is 0 Å². The predicted octanol–water partition coefficient (Wildman–Crippen LogP) is 1.01. The average molecular weight is 193 g/mol. The Morgan fingerprint density at radius 2 is 2.15 bits per heavy atom. The molecule has 0 saturated carbocycles. The van der Waals surface area contributed by atoms with E-state index in [1.54, 1.807) is 18.6 Å². The average Bonchev–Trinajstić information content (AvgIpc) is 2.71. The monoisotopic (exact) mass is 193 g/mol. The van der Waals surface area contributed by atoms with Gasteiger partial charge in [-0.15, -0.1) is 11.3 Å². The summed E-state index contributed by atoms with van der Waals surface area (Å²) in [6.45, 7) is 0. The molecule has 0 aliphatic carbocycles. The summed E-state index contributed by atoms with van der Waals surface area (Å²) in [5.74, 6) is 0. The lowest BCUT2D eigenvalue weighted by atomic mass is 10.3. The second kappa shape index (κ2) is 3.59. The Labute approximate surface area is 78.9 Å². The highest BCUT2D eigenvalue weighted by molar-refractivity contribution is 7.09. The van der Waals surface area contributed by atoms with Gasteiger partial charge in [-0.05, 0) is 0 Å². The first-order valence-electron chi connectivity index (χ1n) is 3.71. The van der Waals surface area contributed by atoms with Gasteiger partial charge in [0.05, 0.1) is 11.9 Å². The Hall–Kier alpha value is -1.33. The van der Waals surface area contributed by atoms with Crippen LogP contribution in [0.25, 0.3) is 0 Å². The van der Waals surface area contributed by atoms with Crippen molar-refractivity contribution in [3.05, 3.63) is 40.9 Å². The summed E-state index contributed by atoms with van der Waals surface area (Å²) in [5, 5.41) is 12.2. The van der Waals surface area contributed by atoms with Crippen molar-refractivity contribution in [2.24, 2.45) is 0 Å². The molecular weight excluding hydrogens is 186 g/mol. The van der Waals surface area contributed by atoms with Gasteiger partial charge in [0, 0.05) is 24.0 Å². The van der Waals surface area contributed by atoms with Gasteiger partial charge in [-0.25, -0.2) is 4.98 Å². The van der Waals surface area contributed by atoms with E-state index in [1.807, 2.05) is 5.38 Å². The van der Waals surface area contributed by atoms with E-state index in [0.29, 0.717) is 10.7 Å². The fourth-order valence-electron chi connectivity index (χ4n) is 0.948. The molecule has 2 aromatic heterocycles. The van der Waals surface area contributed by atoms with Crippen LogP contribution in [0.2, 0.25) is 0 Å². The summed E-state index contributed by atoms with van der Waals surface area (Å²) in [6.07, 6.45) is 5.55. The maximum absolute atomic E-state index is 9.73. The number of hydrogen-bond acceptors (Lipinski definition) is 5. The molecule has 0 spiro atoms. The van der Waals surface area contributed by atoms with Crippen molar-refractivity contribution in [3.8, 4) is 0 Å². The number of thiazole rings is 1. The Bertz CT molecular complexity index is 362. The van der Waals surface area contributed by atoms with Crippen molar-refractivity contribution in [1.82, 2.24) is 15.0 Å². The Balaban J connectivity index is 2.29. The smallest absolute Gasteiger partial charge is 0.149 e. The molecule has 0 fully saturated rings. The van der Waals surface area contributed by atoms with Gasteiger partial charge in [-0.3, -0.25) is 9.97 Å². The standard InChI is InChI=1S/C8H7N3OS/c12-7(8-11-3-4-13-8)6-5-9-1-2-10-6/h1-5,7,12H. The first-order valence-corrected chi connectivity index (χ1v) is 4.59. The molecule has 0 aromatic carbocycles. The Morgan fingerprint density at radius 1 is 1.23 bits per heavy atom. The number of aliphatic hydroxyl groups is 1. The molecule has 2 rings (SSSR count). The summed E-state index contributed by atoms with van der Waals surface area (Å²) in [5.41, 5.74) is 0.525. The van der Waals surface area contributed by atoms with Crippen LogP contribution < -0.4 is 0 Å². The molecule has 5 heteroatoms. The Kier molecular flexibility index (Phi) is 2.29. The van der Waals surface area contributed by atoms with Crippen molar-refractivity contribution < 1.29 is 5.11 Å². The molecule has 2 aromatic rings. The minimum absolute atomic E-state index is 0.525. The zero-order chi connectivity index (χ0) is 9.10. The predicted molar refractivity (Wildman–Crippen MR) is 48.2 cm³/mol. The molecule has 0 radical (unpaired) electrons. The van der Waals surface area contributed by atoms with E-state index < -0.39 is 6.10 Å². The van der Waals surface area contributed by atoms with Crippen LogP contribution in [0, 0.1) is 0 Å². The van der Waals surface area contributed by atoms with Crippen LogP contribution in [0.3, 0.4) is 0 Å². The van der Waals surface area contributed by atoms with Gasteiger partial charge in [-0.1, -0.05) is 0 Å². The molecule has 0 amide bonds. The topological polar surface area (TPSA) is 58.9 Å². The molecule has 0 aliphatic rings. The van der Waals surface area contributed by atoms with Gasteiger partial charge >= 0.3 is 0 Å². The maximum Gasteiger partial charge on any atom is 0.149 e. The van der Waals surface area contributed by atoms with Crippen molar-refractivity contribution in [2.45, 2.75) is 6.10 Å². The van der Waals surface area contributed by atoms with Crippen molar-refractivity contribution in [3.63, 3.8) is 0 Å². The minimum Gasteiger partial charge on any atom is -0.379 e. The highest BCUT2D eigenvalue weighted by Crippen LogP contribution is 2.20. The third kappa shape index (κ3) is 1.71. The zero-order valence-electron chi connectivity index (χ0n) is 6.66. The van der Waals surface area contributed by atoms with Crippen LogP contribution in [0.4, 0.5) is 0 Å². The third-order valence-corrected chi connectivity index (χ3v) is 2.38. The van der Waals surface area contributed by atoms with Crippen LogP contribution in [-0.2, 0) is 0 Å². The van der Waals surface area contributed by atoms with E-state index in [-0.39, 0.29) is 0 Å². The molecule has 0 bridgehead atoms. The maximum atomic E-state index is 9.73. The largest absolute Gasteiger partial charge is 0.379 e. The molecule has 66 valence electrons. The van der Waals surface area contributed by atoms with Crippen LogP contribution in [0.1, 0.15) is 16.8 Å². The fourth-order valence-corrected chi connectivity index (χ4v) is 1.58. The normalized spacial score (nSPS) is 12.7. The first kappa shape index (κ1) is 8.28. The third-order valence-electron chi connectivity index (χ3n) is 1.55. The van der Waals surface area contributed by atoms with Gasteiger partial charge in [0.1, 0.15) is 11.1 Å². The number of aliphatic hydroxyl groups excluding tert-OH is 1. The molecule has 0 saturated heterocycles. The lowest BCUT2D eigenvalue weighted by Crippen LogP contribution is -2.01. The van der Waals surface area contributed by atoms with E-state index in [2.05, 4.69) is 15.0 Å². The number of hydrogen-bond donors (Lipinski definition) is 1. The highest BCUT2D eigenvalue weighted by atomic mass is 32.1. The molecular formula is C8H7N3OS. The molecule has 1 N–H and O–H groups in total. The van der Waals surface area contributed by atoms with Crippen LogP contribution in [0.5, 0.6) is 0 Å². The lowest BCUT2D eigenvalue weighted by molar-refractivity contribution is 0.214. The molecule has 1 unspecified atom stereocenters. The Morgan fingerprint density at radius 3 is 2.77 bits per heavy atom. The second-order valence-electron chi connectivity index (χ2n) is 2.40. The van der Waals surface area contributed by atoms with Gasteiger partial charge in [0.25, 0.3) is 0 Å². The number of rotatable bonds is 2. The van der Waals surface area contributed by atoms with E-state index in [1.165, 1.54) is 17.5 Å². The summed E-state index contributed by atoms with van der Waals surface area (Å²) >= 11 is 1.40. The highest BCUT2D eigenvalue weighted by Gasteiger charge is 2.13. The summed E-state index contributed by atoms with van der Waals surface area (Å²) in [6, 6.07) is 0. The van der Waals surface area contributed by atoms with Gasteiger partial charge in [0.2, 0.25) is 0 Å². The van der Waals surface area contributed by atoms with Crippen molar-refractivity contribution in [2.75, 3.05) is 0 Å². The quantitative estimate of drug-likeness (QED) is 0.773. The molecule has 1 atom stereocenters. The summed E-state index contributed by atoms with van der Waals surface area (Å²) in [4.78, 5) is 11.9. The minimum atomic E-state index is -0.756. The fraction of sp³-hybridized carbons (Fsp3) is 0.125. The summed E-state index contributed by atoms with van der Waals surface area (Å²) in [7, 11) is 0. The van der Waals surface area contributed by atoms with E-state index in [4.69, 9.17) is 0 Å². The molecule has 4 nitrogen and oxygen atoms in total. The van der Waals surface area contributed by atoms with Gasteiger partial charge < -0.3 is 5.11 Å². The van der Waals surface area contributed by atoms with E-state index in [9.17, 15) is 5.11 Å². The molecule has 13 heavy (non-hydrogen) atoms. The van der Waals surface area contributed by atoms with Crippen LogP contribution >= 0.6 is 11.3 Å². The SMILES string of the molecule is OC(c1cnccn1)c1nccs1. The first-order chi connectivity index (χ1) is 6.38. The van der Waals surface area contributed by atoms with Crippen LogP contribution in [0.15, 0.2) is 30.2 Å². The van der Waals surface area contributed by atoms with Crippen molar-refractivity contribution in [1.29, 1.82) is 0 Å². The molecule has 0 aliphatic heterocycles. The van der Waals surface area contributed by atoms with Gasteiger partial charge in [-0.2, -0.15) is 0 Å². The lowest BCUT2D eigenvalue weighted by Gasteiger charge is -2.04. The van der Waals surface area contributed by atoms with E-state index in [0.717, 1.165) is 0 Å². The second-order valence-corrected chi connectivity index (χ2v) is 3.33. The van der Waals surface area contributed by atoms with Gasteiger partial charge in [0.15, 0.2) is 0 Å².